The SMILES string of the molecule is C[C@@H]1CN(C[C@H]2CCCCO2)C[C@@H](C(N)=O)O1. The lowest BCUT2D eigenvalue weighted by Crippen LogP contribution is -2.53. The van der Waals surface area contributed by atoms with E-state index in [0.717, 1.165) is 26.1 Å². The van der Waals surface area contributed by atoms with Gasteiger partial charge in [0.25, 0.3) is 0 Å². The molecule has 0 bridgehead atoms. The van der Waals surface area contributed by atoms with E-state index in [4.69, 9.17) is 15.2 Å². The van der Waals surface area contributed by atoms with Crippen molar-refractivity contribution in [1.29, 1.82) is 0 Å². The van der Waals surface area contributed by atoms with Crippen LogP contribution in [0.4, 0.5) is 0 Å². The molecule has 0 saturated carbocycles. The largest absolute Gasteiger partial charge is 0.377 e. The Hall–Kier alpha value is -0.650. The summed E-state index contributed by atoms with van der Waals surface area (Å²) in [6, 6.07) is 0. The summed E-state index contributed by atoms with van der Waals surface area (Å²) >= 11 is 0. The van der Waals surface area contributed by atoms with Gasteiger partial charge in [0.05, 0.1) is 12.2 Å². The number of nitrogens with zero attached hydrogens (tertiary/aromatic N) is 1. The summed E-state index contributed by atoms with van der Waals surface area (Å²) in [6.45, 7) is 5.17. The zero-order valence-electron chi connectivity index (χ0n) is 10.4. The average Bonchev–Trinajstić information content (AvgIpc) is 2.29. The molecule has 0 aliphatic carbocycles. The molecular formula is C12H22N2O3. The Labute approximate surface area is 102 Å². The van der Waals surface area contributed by atoms with Crippen molar-refractivity contribution >= 4 is 5.91 Å². The first-order valence-corrected chi connectivity index (χ1v) is 6.44. The van der Waals surface area contributed by atoms with E-state index in [-0.39, 0.29) is 12.0 Å². The first-order valence-electron chi connectivity index (χ1n) is 6.44. The van der Waals surface area contributed by atoms with Gasteiger partial charge in [0, 0.05) is 26.2 Å². The second kappa shape index (κ2) is 5.80. The molecule has 0 aromatic rings. The third-order valence-corrected chi connectivity index (χ3v) is 3.39. The maximum absolute atomic E-state index is 11.2. The molecule has 98 valence electrons. The van der Waals surface area contributed by atoms with Crippen molar-refractivity contribution in [3.63, 3.8) is 0 Å². The van der Waals surface area contributed by atoms with Crippen LogP contribution in [-0.2, 0) is 14.3 Å². The smallest absolute Gasteiger partial charge is 0.247 e. The van der Waals surface area contributed by atoms with Crippen molar-refractivity contribution in [1.82, 2.24) is 4.90 Å². The second-order valence-corrected chi connectivity index (χ2v) is 5.04. The highest BCUT2D eigenvalue weighted by Crippen LogP contribution is 2.17. The van der Waals surface area contributed by atoms with Gasteiger partial charge >= 0.3 is 0 Å². The number of carbonyl (C=O) groups is 1. The van der Waals surface area contributed by atoms with Crippen molar-refractivity contribution in [3.8, 4) is 0 Å². The standard InChI is InChI=1S/C12H22N2O3/c1-9-6-14(8-11(17-9)12(13)15)7-10-4-2-3-5-16-10/h9-11H,2-8H2,1H3,(H2,13,15)/t9-,10-,11+/m1/s1. The molecule has 2 aliphatic rings. The number of nitrogens with two attached hydrogens (primary N) is 1. The van der Waals surface area contributed by atoms with Crippen LogP contribution in [0.3, 0.4) is 0 Å². The second-order valence-electron chi connectivity index (χ2n) is 5.04. The van der Waals surface area contributed by atoms with E-state index >= 15 is 0 Å². The predicted molar refractivity (Wildman–Crippen MR) is 63.6 cm³/mol. The maximum atomic E-state index is 11.2. The normalized spacial score (nSPS) is 35.7. The summed E-state index contributed by atoms with van der Waals surface area (Å²) in [4.78, 5) is 13.4. The Balaban J connectivity index is 1.84. The molecule has 5 nitrogen and oxygen atoms in total. The lowest BCUT2D eigenvalue weighted by Gasteiger charge is -2.37. The highest BCUT2D eigenvalue weighted by atomic mass is 16.5. The fraction of sp³-hybridized carbons (Fsp3) is 0.917. The molecular weight excluding hydrogens is 220 g/mol. The summed E-state index contributed by atoms with van der Waals surface area (Å²) in [7, 11) is 0. The van der Waals surface area contributed by atoms with Crippen LogP contribution in [0.15, 0.2) is 0 Å². The molecule has 0 radical (unpaired) electrons. The van der Waals surface area contributed by atoms with E-state index in [0.29, 0.717) is 12.6 Å². The Morgan fingerprint density at radius 2 is 2.24 bits per heavy atom. The van der Waals surface area contributed by atoms with Crippen LogP contribution in [0.25, 0.3) is 0 Å². The molecule has 0 spiro atoms. The van der Waals surface area contributed by atoms with Crippen molar-refractivity contribution in [2.24, 2.45) is 5.73 Å². The minimum Gasteiger partial charge on any atom is -0.377 e. The van der Waals surface area contributed by atoms with Crippen molar-refractivity contribution < 1.29 is 14.3 Å². The van der Waals surface area contributed by atoms with Gasteiger partial charge in [-0.2, -0.15) is 0 Å². The van der Waals surface area contributed by atoms with Crippen LogP contribution in [0.2, 0.25) is 0 Å². The van der Waals surface area contributed by atoms with Gasteiger partial charge in [-0.15, -0.1) is 0 Å². The Morgan fingerprint density at radius 1 is 1.41 bits per heavy atom. The molecule has 1 amide bonds. The number of morpholine rings is 1. The topological polar surface area (TPSA) is 64.8 Å². The first kappa shape index (κ1) is 12.8. The molecule has 5 heteroatoms. The summed E-state index contributed by atoms with van der Waals surface area (Å²) in [5.74, 6) is -0.369. The Kier molecular flexibility index (Phi) is 4.36. The Morgan fingerprint density at radius 3 is 2.88 bits per heavy atom. The maximum Gasteiger partial charge on any atom is 0.247 e. The van der Waals surface area contributed by atoms with Crippen LogP contribution >= 0.6 is 0 Å². The van der Waals surface area contributed by atoms with Gasteiger partial charge in [0.1, 0.15) is 6.10 Å². The highest BCUT2D eigenvalue weighted by molar-refractivity contribution is 5.79. The molecule has 2 aliphatic heterocycles. The summed E-state index contributed by atoms with van der Waals surface area (Å²) in [5.41, 5.74) is 5.30. The average molecular weight is 242 g/mol. The zero-order valence-corrected chi connectivity index (χ0v) is 10.4. The van der Waals surface area contributed by atoms with E-state index in [1.165, 1.54) is 12.8 Å². The van der Waals surface area contributed by atoms with Gasteiger partial charge in [-0.3, -0.25) is 9.69 Å². The van der Waals surface area contributed by atoms with Crippen LogP contribution in [0.5, 0.6) is 0 Å². The third kappa shape index (κ3) is 3.66. The predicted octanol–water partition coefficient (Wildman–Crippen LogP) is 0.130. The summed E-state index contributed by atoms with van der Waals surface area (Å²) in [5, 5.41) is 0. The van der Waals surface area contributed by atoms with Crippen molar-refractivity contribution in [2.75, 3.05) is 26.2 Å². The van der Waals surface area contributed by atoms with Crippen molar-refractivity contribution in [3.05, 3.63) is 0 Å². The zero-order chi connectivity index (χ0) is 12.3. The highest BCUT2D eigenvalue weighted by Gasteiger charge is 2.30. The monoisotopic (exact) mass is 242 g/mol. The van der Waals surface area contributed by atoms with Gasteiger partial charge in [0.15, 0.2) is 0 Å². The minimum absolute atomic E-state index is 0.0600. The number of rotatable bonds is 3. The quantitative estimate of drug-likeness (QED) is 0.764. The molecule has 2 heterocycles. The molecule has 0 aromatic heterocycles. The number of amides is 1. The van der Waals surface area contributed by atoms with E-state index in [1.54, 1.807) is 0 Å². The molecule has 2 fully saturated rings. The van der Waals surface area contributed by atoms with Crippen LogP contribution in [0.1, 0.15) is 26.2 Å². The van der Waals surface area contributed by atoms with Gasteiger partial charge in [-0.1, -0.05) is 0 Å². The first-order chi connectivity index (χ1) is 8.15. The van der Waals surface area contributed by atoms with Crippen molar-refractivity contribution in [2.45, 2.75) is 44.5 Å². The molecule has 2 N–H and O–H groups in total. The van der Waals surface area contributed by atoms with E-state index in [1.807, 2.05) is 6.92 Å². The van der Waals surface area contributed by atoms with E-state index < -0.39 is 6.10 Å². The van der Waals surface area contributed by atoms with Crippen LogP contribution < -0.4 is 5.73 Å². The van der Waals surface area contributed by atoms with Gasteiger partial charge in [0.2, 0.25) is 5.91 Å². The fourth-order valence-electron chi connectivity index (χ4n) is 2.58. The molecule has 2 rings (SSSR count). The number of hydrogen-bond donors (Lipinski definition) is 1. The lowest BCUT2D eigenvalue weighted by atomic mass is 10.1. The molecule has 2 saturated heterocycles. The van der Waals surface area contributed by atoms with Crippen LogP contribution in [-0.4, -0.2) is 55.4 Å². The minimum atomic E-state index is -0.470. The lowest BCUT2D eigenvalue weighted by molar-refractivity contribution is -0.144. The number of hydrogen-bond acceptors (Lipinski definition) is 4. The fourth-order valence-corrected chi connectivity index (χ4v) is 2.58. The van der Waals surface area contributed by atoms with E-state index in [2.05, 4.69) is 4.90 Å². The molecule has 3 atom stereocenters. The summed E-state index contributed by atoms with van der Waals surface area (Å²) < 4.78 is 11.2. The van der Waals surface area contributed by atoms with Gasteiger partial charge in [-0.05, 0) is 26.2 Å². The number of carbonyl (C=O) groups excluding carboxylic acids is 1. The summed E-state index contributed by atoms with van der Waals surface area (Å²) in [6.07, 6.45) is 3.42. The third-order valence-electron chi connectivity index (χ3n) is 3.39. The molecule has 0 aromatic carbocycles. The van der Waals surface area contributed by atoms with E-state index in [9.17, 15) is 4.79 Å². The number of primary amides is 1. The molecule has 17 heavy (non-hydrogen) atoms. The molecule has 0 unspecified atom stereocenters. The number of ether oxygens (including phenoxy) is 2. The Bertz CT molecular complexity index is 266. The van der Waals surface area contributed by atoms with Gasteiger partial charge < -0.3 is 15.2 Å². The van der Waals surface area contributed by atoms with Gasteiger partial charge in [-0.25, -0.2) is 0 Å². The van der Waals surface area contributed by atoms with Crippen LogP contribution in [0, 0.1) is 0 Å².